The highest BCUT2D eigenvalue weighted by Crippen LogP contribution is 2.28. The lowest BCUT2D eigenvalue weighted by Gasteiger charge is -2.01. The predicted octanol–water partition coefficient (Wildman–Crippen LogP) is 1.08. The number of nitro benzene ring substituents is 1. The van der Waals surface area contributed by atoms with Gasteiger partial charge in [-0.3, -0.25) is 10.1 Å². The van der Waals surface area contributed by atoms with E-state index in [1.165, 1.54) is 12.1 Å². The van der Waals surface area contributed by atoms with Crippen molar-refractivity contribution in [2.45, 2.75) is 0 Å². The van der Waals surface area contributed by atoms with E-state index in [0.29, 0.717) is 0 Å². The van der Waals surface area contributed by atoms with Gasteiger partial charge in [0.05, 0.1) is 16.1 Å². The third-order valence-corrected chi connectivity index (χ3v) is 1.95. The van der Waals surface area contributed by atoms with Crippen molar-refractivity contribution in [2.75, 3.05) is 0 Å². The van der Waals surface area contributed by atoms with Crippen LogP contribution in [-0.4, -0.2) is 4.92 Å². The van der Waals surface area contributed by atoms with Crippen LogP contribution in [0.3, 0.4) is 0 Å². The first-order chi connectivity index (χ1) is 8.10. The zero-order chi connectivity index (χ0) is 13.0. The summed E-state index contributed by atoms with van der Waals surface area (Å²) >= 11 is 0. The highest BCUT2D eigenvalue weighted by molar-refractivity contribution is 5.69. The lowest BCUT2D eigenvalue weighted by atomic mass is 9.98. The van der Waals surface area contributed by atoms with E-state index >= 15 is 0 Å². The molecule has 0 fully saturated rings. The highest BCUT2D eigenvalue weighted by atomic mass is 16.6. The first kappa shape index (κ1) is 11.7. The number of nitro groups is 1. The van der Waals surface area contributed by atoms with Crippen LogP contribution in [0.4, 0.5) is 5.69 Å². The van der Waals surface area contributed by atoms with Crippen molar-refractivity contribution in [3.8, 4) is 24.3 Å². The fraction of sp³-hybridized carbons (Fsp3) is 0. The number of nitriles is 4. The molecule has 1 aromatic rings. The Morgan fingerprint density at radius 3 is 1.59 bits per heavy atom. The molecule has 0 N–H and O–H groups in total. The van der Waals surface area contributed by atoms with Crippen molar-refractivity contribution in [3.05, 3.63) is 38.4 Å². The molecule has 0 saturated heterocycles. The summed E-state index contributed by atoms with van der Waals surface area (Å²) in [7, 11) is 0. The lowest BCUT2D eigenvalue weighted by Crippen LogP contribution is -2.01. The number of hydrogen-bond donors (Lipinski definition) is 0. The molecule has 0 aromatic heterocycles. The Morgan fingerprint density at radius 2 is 1.35 bits per heavy atom. The van der Waals surface area contributed by atoms with Crippen molar-refractivity contribution >= 4 is 5.69 Å². The maximum Gasteiger partial charge on any atom is 0.307 e. The van der Waals surface area contributed by atoms with Crippen LogP contribution in [0.2, 0.25) is 0 Å². The van der Waals surface area contributed by atoms with E-state index in [1.54, 1.807) is 12.1 Å². The molecule has 0 saturated carbocycles. The summed E-state index contributed by atoms with van der Waals surface area (Å²) in [6, 6.07) is 7.15. The van der Waals surface area contributed by atoms with Gasteiger partial charge in [0.2, 0.25) is 0 Å². The van der Waals surface area contributed by atoms with Crippen molar-refractivity contribution < 1.29 is 4.92 Å². The third-order valence-electron chi connectivity index (χ3n) is 1.95. The molecule has 17 heavy (non-hydrogen) atoms. The minimum absolute atomic E-state index is 0.297. The minimum Gasteiger partial charge on any atom is -0.258 e. The molecule has 78 valence electrons. The minimum atomic E-state index is -0.946. The first-order valence-electron chi connectivity index (χ1n) is 4.06. The smallest absolute Gasteiger partial charge is 0.258 e. The van der Waals surface area contributed by atoms with E-state index in [1.807, 2.05) is 0 Å². The van der Waals surface area contributed by atoms with Gasteiger partial charge in [0.1, 0.15) is 35.4 Å². The molecule has 0 aliphatic heterocycles. The van der Waals surface area contributed by atoms with Crippen LogP contribution in [0.5, 0.6) is 0 Å². The molecule has 1 aromatic carbocycles. The molecule has 0 heterocycles. The molecule has 0 amide bonds. The Labute approximate surface area is 95.1 Å². The normalized spacial score (nSPS) is 8.24. The van der Waals surface area contributed by atoms with E-state index in [-0.39, 0.29) is 11.1 Å². The average molecular weight is 223 g/mol. The zero-order valence-corrected chi connectivity index (χ0v) is 8.13. The molecular weight excluding hydrogens is 222 g/mol. The second-order valence-electron chi connectivity index (χ2n) is 2.77. The van der Waals surface area contributed by atoms with E-state index in [4.69, 9.17) is 21.0 Å². The van der Waals surface area contributed by atoms with Crippen LogP contribution in [-0.2, 0) is 0 Å². The van der Waals surface area contributed by atoms with Gasteiger partial charge in [-0.2, -0.15) is 21.0 Å². The van der Waals surface area contributed by atoms with Crippen molar-refractivity contribution in [1.82, 2.24) is 0 Å². The Kier molecular flexibility index (Phi) is 3.02. The molecule has 0 unspecified atom stereocenters. The molecule has 0 bridgehead atoms. The third kappa shape index (κ3) is 1.72. The molecule has 7 nitrogen and oxygen atoms in total. The molecule has 0 aliphatic rings. The summed E-state index contributed by atoms with van der Waals surface area (Å²) in [6.07, 6.45) is 0. The van der Waals surface area contributed by atoms with E-state index in [0.717, 1.165) is 6.07 Å². The van der Waals surface area contributed by atoms with Gasteiger partial charge in [-0.05, 0) is 6.07 Å². The Hall–Kier alpha value is -3.42. The summed E-state index contributed by atoms with van der Waals surface area (Å²) < 4.78 is 0. The second-order valence-corrected chi connectivity index (χ2v) is 2.77. The van der Waals surface area contributed by atoms with Crippen molar-refractivity contribution in [3.63, 3.8) is 0 Å². The first-order valence-corrected chi connectivity index (χ1v) is 4.06. The molecule has 0 radical (unpaired) electrons. The van der Waals surface area contributed by atoms with Crippen molar-refractivity contribution in [2.24, 2.45) is 0 Å². The Balaban J connectivity index is 3.97. The molecule has 0 atom stereocenters. The zero-order valence-electron chi connectivity index (χ0n) is 8.13. The average Bonchev–Trinajstić information content (AvgIpc) is 2.35. The highest BCUT2D eigenvalue weighted by Gasteiger charge is 2.27. The topological polar surface area (TPSA) is 138 Å². The molecular formula is C10HN5O2. The van der Waals surface area contributed by atoms with Crippen LogP contribution >= 0.6 is 0 Å². The summed E-state index contributed by atoms with van der Waals surface area (Å²) in [5.74, 6) is 0. The molecule has 0 aliphatic carbocycles. The van der Waals surface area contributed by atoms with Gasteiger partial charge in [-0.1, -0.05) is 0 Å². The van der Waals surface area contributed by atoms with Gasteiger partial charge in [0, 0.05) is 0 Å². The maximum atomic E-state index is 10.8. The van der Waals surface area contributed by atoms with Crippen molar-refractivity contribution in [1.29, 1.82) is 21.0 Å². The Bertz CT molecular complexity index is 629. The van der Waals surface area contributed by atoms with Crippen LogP contribution < -0.4 is 0 Å². The number of benzene rings is 1. The summed E-state index contributed by atoms with van der Waals surface area (Å²) in [4.78, 5) is 9.84. The largest absolute Gasteiger partial charge is 0.307 e. The van der Waals surface area contributed by atoms with E-state index < -0.39 is 21.7 Å². The summed E-state index contributed by atoms with van der Waals surface area (Å²) in [5, 5.41) is 45.8. The monoisotopic (exact) mass is 223 g/mol. The second kappa shape index (κ2) is 4.40. The predicted molar refractivity (Wildman–Crippen MR) is 52.0 cm³/mol. The van der Waals surface area contributed by atoms with Crippen LogP contribution in [0, 0.1) is 55.4 Å². The van der Waals surface area contributed by atoms with Gasteiger partial charge < -0.3 is 0 Å². The van der Waals surface area contributed by atoms with Crippen LogP contribution in [0.25, 0.3) is 0 Å². The Morgan fingerprint density at radius 1 is 0.941 bits per heavy atom. The van der Waals surface area contributed by atoms with E-state index in [2.05, 4.69) is 0 Å². The molecule has 1 rings (SSSR count). The van der Waals surface area contributed by atoms with Gasteiger partial charge in [0.25, 0.3) is 0 Å². The summed E-state index contributed by atoms with van der Waals surface area (Å²) in [5.41, 5.74) is -2.41. The van der Waals surface area contributed by atoms with Gasteiger partial charge in [-0.25, -0.2) is 0 Å². The number of hydrogen-bond acceptors (Lipinski definition) is 6. The van der Waals surface area contributed by atoms with Gasteiger partial charge in [-0.15, -0.1) is 0 Å². The fourth-order valence-corrected chi connectivity index (χ4v) is 1.25. The molecule has 0 spiro atoms. The lowest BCUT2D eigenvalue weighted by molar-refractivity contribution is -0.385. The molecule has 7 heteroatoms. The van der Waals surface area contributed by atoms with Crippen LogP contribution in [0.15, 0.2) is 6.07 Å². The van der Waals surface area contributed by atoms with Gasteiger partial charge >= 0.3 is 5.69 Å². The quantitative estimate of drug-likeness (QED) is 0.515. The van der Waals surface area contributed by atoms with Crippen LogP contribution in [0.1, 0.15) is 22.3 Å². The number of nitrogens with zero attached hydrogens (tertiary/aromatic N) is 5. The fourth-order valence-electron chi connectivity index (χ4n) is 1.25. The van der Waals surface area contributed by atoms with Gasteiger partial charge in [0.15, 0.2) is 0 Å². The maximum absolute atomic E-state index is 10.8. The standard InChI is InChI=1S/C10HN5O2/c11-2-6-1-7(3-12)9(5-14)10(15(16)17)8(6)4-13/h1H. The summed E-state index contributed by atoms with van der Waals surface area (Å²) in [6.45, 7) is 0. The van der Waals surface area contributed by atoms with E-state index in [9.17, 15) is 10.1 Å². The SMILES string of the molecule is N#Cc1cc(C#N)c(C#N)c([N+](=O)[O-])c1C#N. The number of rotatable bonds is 1.